The predicted molar refractivity (Wildman–Crippen MR) is 153 cm³/mol. The molecule has 2 heterocycles. The molecule has 4 atom stereocenters. The van der Waals surface area contributed by atoms with Gasteiger partial charge >= 0.3 is 5.97 Å². The van der Waals surface area contributed by atoms with Gasteiger partial charge in [0.05, 0.1) is 40.1 Å². The number of carbonyl (C=O) groups is 1. The van der Waals surface area contributed by atoms with Crippen molar-refractivity contribution in [2.24, 2.45) is 0 Å². The zero-order valence-electron chi connectivity index (χ0n) is 25.2. The van der Waals surface area contributed by atoms with E-state index in [1.54, 1.807) is 46.6 Å². The van der Waals surface area contributed by atoms with Crippen molar-refractivity contribution < 1.29 is 56.9 Å². The predicted octanol–water partition coefficient (Wildman–Crippen LogP) is 3.97. The molecule has 0 aliphatic carbocycles. The summed E-state index contributed by atoms with van der Waals surface area (Å²) < 4.78 is 63.3. The lowest BCUT2D eigenvalue weighted by Crippen LogP contribution is -2.57. The average molecular weight is 601 g/mol. The molecule has 3 aromatic rings. The number of methoxy groups -OCH3 is 7. The van der Waals surface area contributed by atoms with Gasteiger partial charge in [-0.05, 0) is 35.2 Å². The van der Waals surface area contributed by atoms with Crippen molar-refractivity contribution in [1.29, 1.82) is 0 Å². The first-order valence-electron chi connectivity index (χ1n) is 13.5. The van der Waals surface area contributed by atoms with E-state index in [1.165, 1.54) is 21.3 Å². The van der Waals surface area contributed by atoms with E-state index in [0.717, 1.165) is 0 Å². The summed E-state index contributed by atoms with van der Waals surface area (Å²) in [4.78, 5) is 13.7. The summed E-state index contributed by atoms with van der Waals surface area (Å²) in [5.41, 5.74) is 1.91. The van der Waals surface area contributed by atoms with Crippen molar-refractivity contribution in [3.8, 4) is 39.9 Å². The van der Waals surface area contributed by atoms with Crippen molar-refractivity contribution in [2.45, 2.75) is 31.2 Å². The first kappa shape index (κ1) is 30.6. The van der Waals surface area contributed by atoms with Crippen molar-refractivity contribution >= 4 is 16.7 Å². The highest BCUT2D eigenvalue weighted by Crippen LogP contribution is 2.48. The number of rotatable bonds is 11. The lowest BCUT2D eigenvalue weighted by Gasteiger charge is -2.40. The molecule has 2 aliphatic rings. The third kappa shape index (κ3) is 5.52. The Kier molecular flexibility index (Phi) is 9.43. The van der Waals surface area contributed by atoms with Crippen LogP contribution in [-0.4, -0.2) is 93.7 Å². The Morgan fingerprint density at radius 1 is 0.837 bits per heavy atom. The Morgan fingerprint density at radius 2 is 1.53 bits per heavy atom. The van der Waals surface area contributed by atoms with Crippen LogP contribution < -0.4 is 23.7 Å². The van der Waals surface area contributed by atoms with E-state index in [0.29, 0.717) is 56.2 Å². The molecule has 0 amide bonds. The number of esters is 1. The van der Waals surface area contributed by atoms with E-state index >= 15 is 0 Å². The van der Waals surface area contributed by atoms with Gasteiger partial charge in [-0.15, -0.1) is 0 Å². The highest BCUT2D eigenvalue weighted by atomic mass is 16.7. The summed E-state index contributed by atoms with van der Waals surface area (Å²) in [6, 6.07) is 9.04. The molecule has 0 aromatic heterocycles. The van der Waals surface area contributed by atoms with Crippen molar-refractivity contribution in [2.75, 3.05) is 63.2 Å². The molecule has 0 spiro atoms. The first-order valence-corrected chi connectivity index (χ1v) is 13.5. The third-order valence-corrected chi connectivity index (χ3v) is 7.67. The maximum absolute atomic E-state index is 13.7. The summed E-state index contributed by atoms with van der Waals surface area (Å²) >= 11 is 0. The fourth-order valence-corrected chi connectivity index (χ4v) is 5.63. The maximum atomic E-state index is 13.7. The largest absolute Gasteiger partial charge is 0.493 e. The van der Waals surface area contributed by atoms with Crippen LogP contribution in [0.5, 0.6) is 28.7 Å². The Morgan fingerprint density at radius 3 is 2.16 bits per heavy atom. The summed E-state index contributed by atoms with van der Waals surface area (Å²) in [5.74, 6) is 1.78. The number of hydrogen-bond donors (Lipinski definition) is 0. The second-order valence-electron chi connectivity index (χ2n) is 9.80. The number of ether oxygens (including phenoxy) is 11. The summed E-state index contributed by atoms with van der Waals surface area (Å²) in [6.07, 6.45) is -2.48. The molecule has 2 aliphatic heterocycles. The summed E-state index contributed by atoms with van der Waals surface area (Å²) in [6.45, 7) is 0.290. The fourth-order valence-electron chi connectivity index (χ4n) is 5.63. The van der Waals surface area contributed by atoms with Gasteiger partial charge in [0, 0.05) is 45.0 Å². The number of hydrogen-bond acceptors (Lipinski definition) is 12. The van der Waals surface area contributed by atoms with Crippen LogP contribution in [0.2, 0.25) is 0 Å². The molecule has 0 unspecified atom stereocenters. The standard InChI is InChI=1S/C31H36O12/c1-33-13-19-26(30(32)39-7)25(16-8-9-20-23(10-16)42-15-41-20)17-11-21(34-2)22(35-3)12-18(17)27(19)43-31-29(38-6)28(37-5)24(36-4)14-40-31/h8-12,24,28-29,31H,13-15H2,1-7H3/t24-,28+,29-,31+/m1/s1. The van der Waals surface area contributed by atoms with E-state index in [2.05, 4.69) is 0 Å². The quantitative estimate of drug-likeness (QED) is 0.296. The molecule has 5 rings (SSSR count). The van der Waals surface area contributed by atoms with Crippen LogP contribution in [0.25, 0.3) is 21.9 Å². The molecule has 0 bridgehead atoms. The molecule has 0 N–H and O–H groups in total. The van der Waals surface area contributed by atoms with E-state index in [9.17, 15) is 4.79 Å². The Balaban J connectivity index is 1.82. The van der Waals surface area contributed by atoms with Crippen LogP contribution in [-0.2, 0) is 35.0 Å². The molecule has 0 saturated carbocycles. The van der Waals surface area contributed by atoms with Gasteiger partial charge in [0.25, 0.3) is 0 Å². The summed E-state index contributed by atoms with van der Waals surface area (Å²) in [7, 11) is 10.6. The third-order valence-electron chi connectivity index (χ3n) is 7.67. The van der Waals surface area contributed by atoms with Crippen molar-refractivity contribution in [3.05, 3.63) is 41.5 Å². The number of benzene rings is 3. The van der Waals surface area contributed by atoms with Gasteiger partial charge in [0.1, 0.15) is 24.1 Å². The van der Waals surface area contributed by atoms with Gasteiger partial charge in [-0.25, -0.2) is 4.79 Å². The molecule has 0 radical (unpaired) electrons. The van der Waals surface area contributed by atoms with E-state index < -0.39 is 24.5 Å². The molecule has 1 fully saturated rings. The van der Waals surface area contributed by atoms with Gasteiger partial charge in [0.15, 0.2) is 23.0 Å². The minimum absolute atomic E-state index is 0.000371. The Bertz CT molecular complexity index is 1470. The van der Waals surface area contributed by atoms with Crippen LogP contribution >= 0.6 is 0 Å². The van der Waals surface area contributed by atoms with Crippen LogP contribution in [0.15, 0.2) is 30.3 Å². The van der Waals surface area contributed by atoms with E-state index in [1.807, 2.05) is 12.1 Å². The smallest absolute Gasteiger partial charge is 0.339 e. The van der Waals surface area contributed by atoms with Gasteiger partial charge < -0.3 is 52.1 Å². The van der Waals surface area contributed by atoms with E-state index in [4.69, 9.17) is 52.1 Å². The lowest BCUT2D eigenvalue weighted by molar-refractivity contribution is -0.258. The highest BCUT2D eigenvalue weighted by molar-refractivity contribution is 6.13. The lowest BCUT2D eigenvalue weighted by atomic mass is 9.88. The van der Waals surface area contributed by atoms with Crippen molar-refractivity contribution in [1.82, 2.24) is 0 Å². The van der Waals surface area contributed by atoms with Crippen LogP contribution in [0, 0.1) is 0 Å². The second-order valence-corrected chi connectivity index (χ2v) is 9.80. The second kappa shape index (κ2) is 13.2. The van der Waals surface area contributed by atoms with Gasteiger partial charge in [0.2, 0.25) is 13.1 Å². The average Bonchev–Trinajstić information content (AvgIpc) is 3.52. The minimum Gasteiger partial charge on any atom is -0.493 e. The van der Waals surface area contributed by atoms with Crippen LogP contribution in [0.4, 0.5) is 0 Å². The molecule has 232 valence electrons. The minimum atomic E-state index is -0.935. The monoisotopic (exact) mass is 600 g/mol. The normalized spacial score (nSPS) is 21.1. The maximum Gasteiger partial charge on any atom is 0.339 e. The number of fused-ring (bicyclic) bond motifs is 2. The zero-order valence-corrected chi connectivity index (χ0v) is 25.2. The molecular formula is C31H36O12. The van der Waals surface area contributed by atoms with Crippen LogP contribution in [0.1, 0.15) is 15.9 Å². The molecule has 1 saturated heterocycles. The van der Waals surface area contributed by atoms with Gasteiger partial charge in [-0.3, -0.25) is 0 Å². The number of carbonyl (C=O) groups excluding carboxylic acids is 1. The SMILES string of the molecule is COCc1c(C(=O)OC)c(-c2ccc3c(c2)OCO3)c2cc(OC)c(OC)cc2c1O[C@@H]1OC[C@@H](OC)[C@H](OC)[C@H]1OC. The highest BCUT2D eigenvalue weighted by Gasteiger charge is 2.44. The summed E-state index contributed by atoms with van der Waals surface area (Å²) in [5, 5.41) is 1.22. The Hall–Kier alpha value is -3.81. The molecular weight excluding hydrogens is 564 g/mol. The van der Waals surface area contributed by atoms with E-state index in [-0.39, 0.29) is 31.7 Å². The Labute approximate surface area is 249 Å². The van der Waals surface area contributed by atoms with Gasteiger partial charge in [-0.2, -0.15) is 0 Å². The van der Waals surface area contributed by atoms with Crippen molar-refractivity contribution in [3.63, 3.8) is 0 Å². The molecule has 3 aromatic carbocycles. The van der Waals surface area contributed by atoms with Crippen LogP contribution in [0.3, 0.4) is 0 Å². The molecule has 43 heavy (non-hydrogen) atoms. The van der Waals surface area contributed by atoms with Gasteiger partial charge in [-0.1, -0.05) is 6.07 Å². The zero-order chi connectivity index (χ0) is 30.7. The fraction of sp³-hybridized carbons (Fsp3) is 0.452. The topological polar surface area (TPSA) is 119 Å². The first-order chi connectivity index (χ1) is 20.9. The molecule has 12 heteroatoms. The molecule has 12 nitrogen and oxygen atoms in total.